The summed E-state index contributed by atoms with van der Waals surface area (Å²) in [6.45, 7) is 2.72. The maximum atomic E-state index is 12.4. The number of nitrogens with one attached hydrogen (secondary N) is 1. The number of methoxy groups -OCH3 is 1. The Kier molecular flexibility index (Phi) is 4.71. The van der Waals surface area contributed by atoms with E-state index < -0.39 is 0 Å². The standard InChI is InChI=1S/C23H23NO3/c1-3-12-27-20-11-9-16(13-21(20)26-2)19-14-22(25)24-23-17-7-5-4-6-15(17)8-10-18(19)23/h4-11,13,19H,3,12,14H2,1-2H3,(H,24,25). The molecule has 1 amide bonds. The first-order valence-corrected chi connectivity index (χ1v) is 9.33. The number of rotatable bonds is 5. The Labute approximate surface area is 159 Å². The van der Waals surface area contributed by atoms with Crippen molar-refractivity contribution < 1.29 is 14.3 Å². The summed E-state index contributed by atoms with van der Waals surface area (Å²) in [6, 6.07) is 18.3. The van der Waals surface area contributed by atoms with Crippen LogP contribution in [0.1, 0.15) is 36.8 Å². The van der Waals surface area contributed by atoms with Gasteiger partial charge in [-0.15, -0.1) is 0 Å². The first-order chi connectivity index (χ1) is 13.2. The Morgan fingerprint density at radius 1 is 1.07 bits per heavy atom. The zero-order valence-corrected chi connectivity index (χ0v) is 15.6. The molecule has 138 valence electrons. The summed E-state index contributed by atoms with van der Waals surface area (Å²) in [6.07, 6.45) is 1.36. The van der Waals surface area contributed by atoms with Crippen molar-refractivity contribution >= 4 is 22.4 Å². The minimum Gasteiger partial charge on any atom is -0.493 e. The van der Waals surface area contributed by atoms with Crippen LogP contribution in [0.15, 0.2) is 54.6 Å². The van der Waals surface area contributed by atoms with Gasteiger partial charge in [0.2, 0.25) is 5.91 Å². The molecule has 1 aliphatic heterocycles. The molecule has 0 saturated heterocycles. The highest BCUT2D eigenvalue weighted by Crippen LogP contribution is 2.42. The van der Waals surface area contributed by atoms with E-state index in [0.29, 0.717) is 18.8 Å². The lowest BCUT2D eigenvalue weighted by molar-refractivity contribution is -0.116. The van der Waals surface area contributed by atoms with Gasteiger partial charge in [0.1, 0.15) is 0 Å². The lowest BCUT2D eigenvalue weighted by Gasteiger charge is -2.27. The minimum absolute atomic E-state index is 0.00696. The molecule has 3 aromatic rings. The number of fused-ring (bicyclic) bond motifs is 3. The highest BCUT2D eigenvalue weighted by atomic mass is 16.5. The molecule has 1 aliphatic rings. The SMILES string of the molecule is CCCOc1ccc(C2CC(=O)Nc3c2ccc2ccccc32)cc1OC. The molecule has 1 N–H and O–H groups in total. The topological polar surface area (TPSA) is 47.6 Å². The fourth-order valence-electron chi connectivity index (χ4n) is 3.73. The highest BCUT2D eigenvalue weighted by molar-refractivity contribution is 6.06. The van der Waals surface area contributed by atoms with E-state index in [1.807, 2.05) is 30.3 Å². The molecule has 1 atom stereocenters. The highest BCUT2D eigenvalue weighted by Gasteiger charge is 2.28. The van der Waals surface area contributed by atoms with Gasteiger partial charge in [0.15, 0.2) is 11.5 Å². The largest absolute Gasteiger partial charge is 0.493 e. The molecule has 4 rings (SSSR count). The number of carbonyl (C=O) groups is 1. The molecule has 0 saturated carbocycles. The van der Waals surface area contributed by atoms with Gasteiger partial charge >= 0.3 is 0 Å². The van der Waals surface area contributed by atoms with Gasteiger partial charge in [-0.2, -0.15) is 0 Å². The number of benzene rings is 3. The zero-order valence-electron chi connectivity index (χ0n) is 15.6. The lowest BCUT2D eigenvalue weighted by Crippen LogP contribution is -2.23. The normalized spacial score (nSPS) is 15.9. The van der Waals surface area contributed by atoms with Gasteiger partial charge in [0.05, 0.1) is 19.4 Å². The minimum atomic E-state index is -0.00696. The number of hydrogen-bond donors (Lipinski definition) is 1. The van der Waals surface area contributed by atoms with Crippen LogP contribution in [-0.2, 0) is 4.79 Å². The van der Waals surface area contributed by atoms with Crippen LogP contribution < -0.4 is 14.8 Å². The number of ether oxygens (including phenoxy) is 2. The van der Waals surface area contributed by atoms with Crippen LogP contribution >= 0.6 is 0 Å². The van der Waals surface area contributed by atoms with Crippen LogP contribution in [0.2, 0.25) is 0 Å². The Morgan fingerprint density at radius 3 is 2.74 bits per heavy atom. The third kappa shape index (κ3) is 3.23. The average Bonchev–Trinajstić information content (AvgIpc) is 2.71. The molecule has 0 aliphatic carbocycles. The van der Waals surface area contributed by atoms with Gasteiger partial charge in [0.25, 0.3) is 0 Å². The first kappa shape index (κ1) is 17.4. The second kappa shape index (κ2) is 7.31. The number of amides is 1. The quantitative estimate of drug-likeness (QED) is 0.687. The van der Waals surface area contributed by atoms with Crippen molar-refractivity contribution in [2.24, 2.45) is 0 Å². The molecule has 0 bridgehead atoms. The van der Waals surface area contributed by atoms with Gasteiger partial charge in [-0.3, -0.25) is 4.79 Å². The Balaban J connectivity index is 1.79. The van der Waals surface area contributed by atoms with Crippen LogP contribution in [0.25, 0.3) is 10.8 Å². The maximum Gasteiger partial charge on any atom is 0.225 e. The summed E-state index contributed by atoms with van der Waals surface area (Å²) in [5.41, 5.74) is 3.11. The molecular weight excluding hydrogens is 338 g/mol. The van der Waals surface area contributed by atoms with Gasteiger partial charge in [0, 0.05) is 17.7 Å². The Morgan fingerprint density at radius 2 is 1.93 bits per heavy atom. The number of hydrogen-bond acceptors (Lipinski definition) is 3. The van der Waals surface area contributed by atoms with Crippen LogP contribution in [0, 0.1) is 0 Å². The first-order valence-electron chi connectivity index (χ1n) is 9.33. The maximum absolute atomic E-state index is 12.4. The second-order valence-corrected chi connectivity index (χ2v) is 6.81. The van der Waals surface area contributed by atoms with Gasteiger partial charge < -0.3 is 14.8 Å². The van der Waals surface area contributed by atoms with E-state index in [-0.39, 0.29) is 11.8 Å². The molecule has 3 aromatic carbocycles. The van der Waals surface area contributed by atoms with Crippen molar-refractivity contribution in [1.29, 1.82) is 0 Å². The molecule has 0 spiro atoms. The summed E-state index contributed by atoms with van der Waals surface area (Å²) in [4.78, 5) is 12.4. The van der Waals surface area contributed by atoms with Crippen LogP contribution in [0.4, 0.5) is 5.69 Å². The predicted molar refractivity (Wildman–Crippen MR) is 108 cm³/mol. The van der Waals surface area contributed by atoms with E-state index in [1.165, 1.54) is 0 Å². The van der Waals surface area contributed by atoms with Crippen LogP contribution in [0.5, 0.6) is 11.5 Å². The monoisotopic (exact) mass is 361 g/mol. The molecule has 27 heavy (non-hydrogen) atoms. The second-order valence-electron chi connectivity index (χ2n) is 6.81. The van der Waals surface area contributed by atoms with E-state index in [0.717, 1.165) is 39.8 Å². The van der Waals surface area contributed by atoms with Gasteiger partial charge in [-0.25, -0.2) is 0 Å². The fourth-order valence-corrected chi connectivity index (χ4v) is 3.73. The molecule has 1 heterocycles. The molecular formula is C23H23NO3. The van der Waals surface area contributed by atoms with Crippen molar-refractivity contribution in [2.75, 3.05) is 19.0 Å². The van der Waals surface area contributed by atoms with E-state index in [2.05, 4.69) is 36.5 Å². The number of carbonyl (C=O) groups excluding carboxylic acids is 1. The van der Waals surface area contributed by atoms with Crippen molar-refractivity contribution in [1.82, 2.24) is 0 Å². The van der Waals surface area contributed by atoms with Crippen molar-refractivity contribution in [3.63, 3.8) is 0 Å². The summed E-state index contributed by atoms with van der Waals surface area (Å²) in [5, 5.41) is 5.27. The fraction of sp³-hybridized carbons (Fsp3) is 0.261. The van der Waals surface area contributed by atoms with Crippen LogP contribution in [-0.4, -0.2) is 19.6 Å². The predicted octanol–water partition coefficient (Wildman–Crippen LogP) is 5.11. The van der Waals surface area contributed by atoms with Crippen LogP contribution in [0.3, 0.4) is 0 Å². The summed E-state index contributed by atoms with van der Waals surface area (Å²) < 4.78 is 11.3. The van der Waals surface area contributed by atoms with Gasteiger partial charge in [-0.05, 0) is 35.1 Å². The van der Waals surface area contributed by atoms with Crippen molar-refractivity contribution in [3.05, 3.63) is 65.7 Å². The molecule has 4 nitrogen and oxygen atoms in total. The smallest absolute Gasteiger partial charge is 0.225 e. The van der Waals surface area contributed by atoms with E-state index >= 15 is 0 Å². The molecule has 0 aromatic heterocycles. The molecule has 1 unspecified atom stereocenters. The molecule has 0 fully saturated rings. The molecule has 4 heteroatoms. The van der Waals surface area contributed by atoms with Crippen molar-refractivity contribution in [2.45, 2.75) is 25.7 Å². The van der Waals surface area contributed by atoms with E-state index in [4.69, 9.17) is 9.47 Å². The Bertz CT molecular complexity index is 996. The lowest BCUT2D eigenvalue weighted by atomic mass is 9.83. The molecule has 0 radical (unpaired) electrons. The zero-order chi connectivity index (χ0) is 18.8. The van der Waals surface area contributed by atoms with E-state index in [1.54, 1.807) is 7.11 Å². The van der Waals surface area contributed by atoms with E-state index in [9.17, 15) is 4.79 Å². The Hall–Kier alpha value is -3.01. The summed E-state index contributed by atoms with van der Waals surface area (Å²) in [7, 11) is 1.65. The number of anilines is 1. The van der Waals surface area contributed by atoms with Gasteiger partial charge in [-0.1, -0.05) is 49.4 Å². The average molecular weight is 361 g/mol. The summed E-state index contributed by atoms with van der Waals surface area (Å²) >= 11 is 0. The van der Waals surface area contributed by atoms with Crippen molar-refractivity contribution in [3.8, 4) is 11.5 Å². The third-order valence-corrected chi connectivity index (χ3v) is 5.04. The summed E-state index contributed by atoms with van der Waals surface area (Å²) in [5.74, 6) is 1.47. The third-order valence-electron chi connectivity index (χ3n) is 5.04.